The smallest absolute Gasteiger partial charge is 0.229 e. The maximum Gasteiger partial charge on any atom is 0.229 e. The summed E-state index contributed by atoms with van der Waals surface area (Å²) in [6, 6.07) is 11.8. The van der Waals surface area contributed by atoms with Crippen molar-refractivity contribution in [1.29, 1.82) is 5.26 Å². The van der Waals surface area contributed by atoms with Gasteiger partial charge in [0.25, 0.3) is 0 Å². The fourth-order valence-corrected chi connectivity index (χ4v) is 4.54. The molecule has 0 bridgehead atoms. The number of rotatable bonds is 4. The molecule has 122 valence electrons. The first-order valence-corrected chi connectivity index (χ1v) is 9.24. The van der Waals surface area contributed by atoms with E-state index in [2.05, 4.69) is 5.32 Å². The van der Waals surface area contributed by atoms with Crippen molar-refractivity contribution in [3.8, 4) is 6.07 Å². The molecule has 0 saturated carbocycles. The molecule has 0 saturated heterocycles. The fraction of sp³-hybridized carbons (Fsp3) is 0.0625. The number of hydrogen-bond donors (Lipinski definition) is 2. The van der Waals surface area contributed by atoms with E-state index in [-0.39, 0.29) is 10.0 Å². The molecule has 8 heteroatoms. The van der Waals surface area contributed by atoms with Crippen LogP contribution in [0.5, 0.6) is 0 Å². The number of thiophene rings is 1. The van der Waals surface area contributed by atoms with Crippen molar-refractivity contribution in [1.82, 2.24) is 0 Å². The third-order valence-electron chi connectivity index (χ3n) is 3.29. The highest BCUT2D eigenvalue weighted by atomic mass is 32.2. The number of furan rings is 1. The van der Waals surface area contributed by atoms with Crippen LogP contribution in [0.25, 0.3) is 11.0 Å². The van der Waals surface area contributed by atoms with E-state index < -0.39 is 14.7 Å². The number of nitriles is 1. The third kappa shape index (κ3) is 2.87. The zero-order valence-electron chi connectivity index (χ0n) is 12.6. The fourth-order valence-electron chi connectivity index (χ4n) is 2.25. The minimum Gasteiger partial charge on any atom is -0.461 e. The quantitative estimate of drug-likeness (QED) is 0.692. The number of benzene rings is 1. The Morgan fingerprint density at radius 1 is 1.33 bits per heavy atom. The van der Waals surface area contributed by atoms with Gasteiger partial charge >= 0.3 is 0 Å². The van der Waals surface area contributed by atoms with Crippen LogP contribution < -0.4 is 11.1 Å². The Morgan fingerprint density at radius 2 is 2.12 bits per heavy atom. The van der Waals surface area contributed by atoms with Gasteiger partial charge in [-0.25, -0.2) is 8.42 Å². The minimum atomic E-state index is -3.93. The van der Waals surface area contributed by atoms with Gasteiger partial charge in [-0.05, 0) is 42.6 Å². The van der Waals surface area contributed by atoms with Gasteiger partial charge in [0.15, 0.2) is 4.91 Å². The Labute approximate surface area is 142 Å². The molecular formula is C16H13N3O3S2. The molecule has 1 aromatic carbocycles. The molecule has 0 radical (unpaired) electrons. The molecule has 0 unspecified atom stereocenters. The van der Waals surface area contributed by atoms with Crippen molar-refractivity contribution in [3.63, 3.8) is 0 Å². The standard InChI is InChI=1S/C16H13N3O3S2/c1-10-7-11-8-12(4-5-13(11)22-10)19-16(18)14(9-17)24(20,21)15-3-2-6-23-15/h2-8,19H,18H2,1H3/b16-14+. The van der Waals surface area contributed by atoms with Crippen LogP contribution in [-0.2, 0) is 9.84 Å². The Morgan fingerprint density at radius 3 is 2.79 bits per heavy atom. The highest BCUT2D eigenvalue weighted by molar-refractivity contribution is 7.97. The highest BCUT2D eigenvalue weighted by Gasteiger charge is 2.25. The Balaban J connectivity index is 1.99. The molecule has 0 aliphatic carbocycles. The lowest BCUT2D eigenvalue weighted by molar-refractivity contribution is 0.578. The molecule has 0 aliphatic rings. The van der Waals surface area contributed by atoms with E-state index in [1.165, 1.54) is 6.07 Å². The minimum absolute atomic E-state index is 0.0738. The number of aryl methyl sites for hydroxylation is 1. The van der Waals surface area contributed by atoms with Crippen molar-refractivity contribution in [2.24, 2.45) is 5.73 Å². The summed E-state index contributed by atoms with van der Waals surface area (Å²) in [5.41, 5.74) is 7.13. The van der Waals surface area contributed by atoms with Crippen molar-refractivity contribution in [3.05, 3.63) is 58.3 Å². The molecule has 0 amide bonds. The number of allylic oxidation sites excluding steroid dienone is 1. The lowest BCUT2D eigenvalue weighted by atomic mass is 10.2. The van der Waals surface area contributed by atoms with Gasteiger partial charge in [-0.2, -0.15) is 5.26 Å². The third-order valence-corrected chi connectivity index (χ3v) is 6.42. The molecule has 3 N–H and O–H groups in total. The van der Waals surface area contributed by atoms with Crippen molar-refractivity contribution >= 4 is 37.8 Å². The topological polar surface area (TPSA) is 109 Å². The molecule has 24 heavy (non-hydrogen) atoms. The molecule has 0 atom stereocenters. The van der Waals surface area contributed by atoms with Crippen LogP contribution >= 0.6 is 11.3 Å². The molecule has 3 rings (SSSR count). The average Bonchev–Trinajstić information content (AvgIpc) is 3.15. The molecule has 3 aromatic rings. The first-order valence-electron chi connectivity index (χ1n) is 6.87. The van der Waals surface area contributed by atoms with E-state index in [1.54, 1.807) is 35.7 Å². The zero-order chi connectivity index (χ0) is 17.3. The van der Waals surface area contributed by atoms with E-state index in [0.717, 1.165) is 22.5 Å². The number of nitrogens with zero attached hydrogens (tertiary/aromatic N) is 1. The van der Waals surface area contributed by atoms with Gasteiger partial charge in [-0.1, -0.05) is 6.07 Å². The lowest BCUT2D eigenvalue weighted by Crippen LogP contribution is -2.17. The summed E-state index contributed by atoms with van der Waals surface area (Å²) in [6.45, 7) is 1.84. The van der Waals surface area contributed by atoms with Crippen molar-refractivity contribution < 1.29 is 12.8 Å². The summed E-state index contributed by atoms with van der Waals surface area (Å²) in [6.07, 6.45) is 0. The molecule has 2 aromatic heterocycles. The second-order valence-electron chi connectivity index (χ2n) is 5.02. The summed E-state index contributed by atoms with van der Waals surface area (Å²) in [5, 5.41) is 14.5. The van der Waals surface area contributed by atoms with E-state index in [0.29, 0.717) is 11.3 Å². The van der Waals surface area contributed by atoms with Crippen LogP contribution in [0.1, 0.15) is 5.76 Å². The summed E-state index contributed by atoms with van der Waals surface area (Å²) in [7, 11) is -3.93. The van der Waals surface area contributed by atoms with Crippen LogP contribution in [0.2, 0.25) is 0 Å². The van der Waals surface area contributed by atoms with Crippen molar-refractivity contribution in [2.75, 3.05) is 5.32 Å². The number of sulfone groups is 1. The number of anilines is 1. The van der Waals surface area contributed by atoms with Gasteiger partial charge in [0.05, 0.1) is 0 Å². The van der Waals surface area contributed by atoms with Gasteiger partial charge < -0.3 is 15.5 Å². The SMILES string of the molecule is Cc1cc2cc(N/C(N)=C(\C#N)S(=O)(=O)c3cccs3)ccc2o1. The predicted molar refractivity (Wildman–Crippen MR) is 92.9 cm³/mol. The van der Waals surface area contributed by atoms with Crippen LogP contribution in [0.4, 0.5) is 5.69 Å². The van der Waals surface area contributed by atoms with E-state index >= 15 is 0 Å². The molecule has 6 nitrogen and oxygen atoms in total. The van der Waals surface area contributed by atoms with Crippen LogP contribution in [0.15, 0.2) is 61.1 Å². The van der Waals surface area contributed by atoms with Crippen LogP contribution in [-0.4, -0.2) is 8.42 Å². The second kappa shape index (κ2) is 6.03. The monoisotopic (exact) mass is 359 g/mol. The lowest BCUT2D eigenvalue weighted by Gasteiger charge is -2.09. The summed E-state index contributed by atoms with van der Waals surface area (Å²) in [5.74, 6) is 0.550. The number of fused-ring (bicyclic) bond motifs is 1. The van der Waals surface area contributed by atoms with Gasteiger partial charge in [0.2, 0.25) is 9.84 Å². The molecule has 2 heterocycles. The molecule has 0 aliphatic heterocycles. The Kier molecular flexibility index (Phi) is 4.05. The highest BCUT2D eigenvalue weighted by Crippen LogP contribution is 2.26. The summed E-state index contributed by atoms with van der Waals surface area (Å²) < 4.78 is 30.5. The Hall–Kier alpha value is -2.76. The Bertz CT molecular complexity index is 1070. The number of nitrogens with one attached hydrogen (secondary N) is 1. The van der Waals surface area contributed by atoms with Gasteiger partial charge in [-0.3, -0.25) is 0 Å². The number of nitrogens with two attached hydrogens (primary N) is 1. The van der Waals surface area contributed by atoms with Crippen LogP contribution in [0.3, 0.4) is 0 Å². The summed E-state index contributed by atoms with van der Waals surface area (Å²) in [4.78, 5) is -0.506. The van der Waals surface area contributed by atoms with Gasteiger partial charge in [-0.15, -0.1) is 11.3 Å². The maximum atomic E-state index is 12.5. The van der Waals surface area contributed by atoms with E-state index in [9.17, 15) is 13.7 Å². The summed E-state index contributed by atoms with van der Waals surface area (Å²) >= 11 is 1.03. The predicted octanol–water partition coefficient (Wildman–Crippen LogP) is 3.34. The maximum absolute atomic E-state index is 12.5. The second-order valence-corrected chi connectivity index (χ2v) is 8.09. The van der Waals surface area contributed by atoms with Crippen molar-refractivity contribution in [2.45, 2.75) is 11.1 Å². The average molecular weight is 359 g/mol. The molecular weight excluding hydrogens is 346 g/mol. The van der Waals surface area contributed by atoms with Crippen LogP contribution in [0, 0.1) is 18.3 Å². The number of hydrogen-bond acceptors (Lipinski definition) is 7. The first kappa shape index (κ1) is 16.1. The van der Waals surface area contributed by atoms with Gasteiger partial charge in [0, 0.05) is 11.1 Å². The normalized spacial score (nSPS) is 12.7. The van der Waals surface area contributed by atoms with E-state index in [4.69, 9.17) is 10.2 Å². The van der Waals surface area contributed by atoms with Gasteiger partial charge in [0.1, 0.15) is 27.4 Å². The zero-order valence-corrected chi connectivity index (χ0v) is 14.2. The first-order chi connectivity index (χ1) is 11.4. The molecule has 0 spiro atoms. The van der Waals surface area contributed by atoms with E-state index in [1.807, 2.05) is 13.0 Å². The molecule has 0 fully saturated rings. The largest absolute Gasteiger partial charge is 0.461 e.